The Hall–Kier alpha value is -0.870. The Labute approximate surface area is 122 Å². The lowest BCUT2D eigenvalue weighted by atomic mass is 10.00. The van der Waals surface area contributed by atoms with Crippen LogP contribution in [0.25, 0.3) is 0 Å². The summed E-state index contributed by atoms with van der Waals surface area (Å²) < 4.78 is 11.9. The Morgan fingerprint density at radius 2 is 2.32 bits per heavy atom. The van der Waals surface area contributed by atoms with Gasteiger partial charge in [0.2, 0.25) is 0 Å². The molecule has 1 saturated heterocycles. The average Bonchev–Trinajstić information content (AvgIpc) is 2.40. The lowest BCUT2D eigenvalue weighted by molar-refractivity contribution is -0.122. The molecule has 0 radical (unpaired) electrons. The third kappa shape index (κ3) is 4.32. The van der Waals surface area contributed by atoms with Crippen molar-refractivity contribution in [1.29, 1.82) is 0 Å². The van der Waals surface area contributed by atoms with Crippen LogP contribution >= 0.6 is 15.9 Å². The van der Waals surface area contributed by atoms with Crippen molar-refractivity contribution < 1.29 is 14.3 Å². The Morgan fingerprint density at radius 1 is 1.47 bits per heavy atom. The standard InChI is InChI=1S/C15H19BrO3/c1-18-15-6-5-12(16)8-11(15)9-13(17)10-14-4-2-3-7-19-14/h5-6,8,14H,2-4,7,9-10H2,1H3. The zero-order chi connectivity index (χ0) is 13.7. The number of ether oxygens (including phenoxy) is 2. The molecule has 0 bridgehead atoms. The molecule has 19 heavy (non-hydrogen) atoms. The summed E-state index contributed by atoms with van der Waals surface area (Å²) in [7, 11) is 1.63. The van der Waals surface area contributed by atoms with Crippen LogP contribution in [0.15, 0.2) is 22.7 Å². The Bertz CT molecular complexity index is 439. The molecule has 1 unspecified atom stereocenters. The van der Waals surface area contributed by atoms with Crippen LogP contribution < -0.4 is 4.74 Å². The van der Waals surface area contributed by atoms with Gasteiger partial charge in [-0.25, -0.2) is 0 Å². The second-order valence-corrected chi connectivity index (χ2v) is 5.78. The van der Waals surface area contributed by atoms with Crippen LogP contribution in [0.4, 0.5) is 0 Å². The average molecular weight is 327 g/mol. The van der Waals surface area contributed by atoms with E-state index in [9.17, 15) is 4.79 Å². The van der Waals surface area contributed by atoms with E-state index in [4.69, 9.17) is 9.47 Å². The van der Waals surface area contributed by atoms with E-state index in [1.165, 1.54) is 0 Å². The smallest absolute Gasteiger partial charge is 0.139 e. The number of carbonyl (C=O) groups excluding carboxylic acids is 1. The lowest BCUT2D eigenvalue weighted by Gasteiger charge is -2.21. The van der Waals surface area contributed by atoms with Crippen LogP contribution in [-0.4, -0.2) is 25.6 Å². The molecule has 0 spiro atoms. The summed E-state index contributed by atoms with van der Waals surface area (Å²) in [5.41, 5.74) is 0.928. The summed E-state index contributed by atoms with van der Waals surface area (Å²) in [5.74, 6) is 0.976. The minimum Gasteiger partial charge on any atom is -0.496 e. The molecule has 1 aromatic carbocycles. The van der Waals surface area contributed by atoms with Crippen LogP contribution in [-0.2, 0) is 16.0 Å². The predicted molar refractivity (Wildman–Crippen MR) is 77.6 cm³/mol. The van der Waals surface area contributed by atoms with Crippen molar-refractivity contribution in [3.8, 4) is 5.75 Å². The van der Waals surface area contributed by atoms with Gasteiger partial charge in [0.05, 0.1) is 13.2 Å². The van der Waals surface area contributed by atoms with Crippen molar-refractivity contribution >= 4 is 21.7 Å². The molecule has 2 rings (SSSR count). The van der Waals surface area contributed by atoms with Gasteiger partial charge in [0, 0.05) is 29.5 Å². The van der Waals surface area contributed by atoms with E-state index in [1.807, 2.05) is 18.2 Å². The molecular formula is C15H19BrO3. The molecule has 0 N–H and O–H groups in total. The summed E-state index contributed by atoms with van der Waals surface area (Å²) in [5, 5.41) is 0. The minimum atomic E-state index is 0.111. The molecule has 1 atom stereocenters. The highest BCUT2D eigenvalue weighted by Gasteiger charge is 2.18. The Balaban J connectivity index is 1.95. The summed E-state index contributed by atoms with van der Waals surface area (Å²) >= 11 is 3.42. The molecular weight excluding hydrogens is 308 g/mol. The first-order valence-corrected chi connectivity index (χ1v) is 7.44. The quantitative estimate of drug-likeness (QED) is 0.830. The second-order valence-electron chi connectivity index (χ2n) is 4.86. The summed E-state index contributed by atoms with van der Waals surface area (Å²) in [6.07, 6.45) is 4.31. The molecule has 1 heterocycles. The molecule has 104 valence electrons. The van der Waals surface area contributed by atoms with Crippen molar-refractivity contribution in [3.05, 3.63) is 28.2 Å². The number of carbonyl (C=O) groups is 1. The molecule has 3 nitrogen and oxygen atoms in total. The van der Waals surface area contributed by atoms with E-state index in [1.54, 1.807) is 7.11 Å². The van der Waals surface area contributed by atoms with Crippen LogP contribution in [0.5, 0.6) is 5.75 Å². The van der Waals surface area contributed by atoms with Gasteiger partial charge in [-0.1, -0.05) is 15.9 Å². The van der Waals surface area contributed by atoms with Crippen molar-refractivity contribution in [3.63, 3.8) is 0 Å². The number of benzene rings is 1. The number of Topliss-reactive ketones (excluding diaryl/α,β-unsaturated/α-hetero) is 1. The summed E-state index contributed by atoms with van der Waals surface area (Å²) in [6, 6.07) is 5.74. The largest absolute Gasteiger partial charge is 0.496 e. The van der Waals surface area contributed by atoms with Gasteiger partial charge in [-0.15, -0.1) is 0 Å². The van der Waals surface area contributed by atoms with Gasteiger partial charge in [-0.05, 0) is 37.5 Å². The first-order valence-electron chi connectivity index (χ1n) is 6.65. The third-order valence-electron chi connectivity index (χ3n) is 3.36. The molecule has 1 fully saturated rings. The number of methoxy groups -OCH3 is 1. The zero-order valence-corrected chi connectivity index (χ0v) is 12.7. The molecule has 0 saturated carbocycles. The van der Waals surface area contributed by atoms with Gasteiger partial charge >= 0.3 is 0 Å². The van der Waals surface area contributed by atoms with Crippen LogP contribution in [0.1, 0.15) is 31.2 Å². The summed E-state index contributed by atoms with van der Waals surface area (Å²) in [6.45, 7) is 0.790. The maximum Gasteiger partial charge on any atom is 0.139 e. The first kappa shape index (κ1) is 14.5. The Morgan fingerprint density at radius 3 is 3.00 bits per heavy atom. The minimum absolute atomic E-state index is 0.111. The van der Waals surface area contributed by atoms with Crippen molar-refractivity contribution in [2.75, 3.05) is 13.7 Å². The SMILES string of the molecule is COc1ccc(Br)cc1CC(=O)CC1CCCCO1. The number of hydrogen-bond acceptors (Lipinski definition) is 3. The van der Waals surface area contributed by atoms with Crippen molar-refractivity contribution in [1.82, 2.24) is 0 Å². The van der Waals surface area contributed by atoms with Gasteiger partial charge in [-0.3, -0.25) is 4.79 Å². The number of hydrogen-bond donors (Lipinski definition) is 0. The van der Waals surface area contributed by atoms with E-state index in [0.29, 0.717) is 12.8 Å². The summed E-state index contributed by atoms with van der Waals surface area (Å²) in [4.78, 5) is 12.1. The molecule has 0 amide bonds. The first-order chi connectivity index (χ1) is 9.19. The predicted octanol–water partition coefficient (Wildman–Crippen LogP) is 3.53. The van der Waals surface area contributed by atoms with Crippen LogP contribution in [0.2, 0.25) is 0 Å². The normalized spacial score (nSPS) is 19.2. The molecule has 1 aliphatic heterocycles. The van der Waals surface area contributed by atoms with E-state index in [0.717, 1.165) is 41.7 Å². The topological polar surface area (TPSA) is 35.5 Å². The second kappa shape index (κ2) is 7.06. The van der Waals surface area contributed by atoms with Crippen molar-refractivity contribution in [2.24, 2.45) is 0 Å². The molecule has 0 aliphatic carbocycles. The van der Waals surface area contributed by atoms with E-state index < -0.39 is 0 Å². The van der Waals surface area contributed by atoms with Gasteiger partial charge in [-0.2, -0.15) is 0 Å². The number of halogens is 1. The van der Waals surface area contributed by atoms with E-state index in [2.05, 4.69) is 15.9 Å². The zero-order valence-electron chi connectivity index (χ0n) is 11.2. The monoisotopic (exact) mass is 326 g/mol. The van der Waals surface area contributed by atoms with Gasteiger partial charge in [0.15, 0.2) is 0 Å². The molecule has 1 aliphatic rings. The number of ketones is 1. The van der Waals surface area contributed by atoms with Crippen molar-refractivity contribution in [2.45, 2.75) is 38.2 Å². The molecule has 0 aromatic heterocycles. The van der Waals surface area contributed by atoms with E-state index in [-0.39, 0.29) is 11.9 Å². The van der Waals surface area contributed by atoms with Crippen LogP contribution in [0, 0.1) is 0 Å². The van der Waals surface area contributed by atoms with Gasteiger partial charge in [0.25, 0.3) is 0 Å². The van der Waals surface area contributed by atoms with Crippen LogP contribution in [0.3, 0.4) is 0 Å². The molecule has 1 aromatic rings. The third-order valence-corrected chi connectivity index (χ3v) is 3.85. The van der Waals surface area contributed by atoms with Gasteiger partial charge in [0.1, 0.15) is 11.5 Å². The molecule has 4 heteroatoms. The Kier molecular flexibility index (Phi) is 5.40. The maximum atomic E-state index is 12.1. The fraction of sp³-hybridized carbons (Fsp3) is 0.533. The van der Waals surface area contributed by atoms with E-state index >= 15 is 0 Å². The maximum absolute atomic E-state index is 12.1. The lowest BCUT2D eigenvalue weighted by Crippen LogP contribution is -2.23. The fourth-order valence-corrected chi connectivity index (χ4v) is 2.80. The fourth-order valence-electron chi connectivity index (χ4n) is 2.39. The highest BCUT2D eigenvalue weighted by molar-refractivity contribution is 9.10. The number of rotatable bonds is 5. The highest BCUT2D eigenvalue weighted by Crippen LogP contribution is 2.24. The van der Waals surface area contributed by atoms with Gasteiger partial charge < -0.3 is 9.47 Å². The highest BCUT2D eigenvalue weighted by atomic mass is 79.9.